The van der Waals surface area contributed by atoms with Crippen LogP contribution in [0.5, 0.6) is 0 Å². The van der Waals surface area contributed by atoms with Gasteiger partial charge in [0, 0.05) is 12.1 Å². The first-order valence-corrected chi connectivity index (χ1v) is 8.90. The fourth-order valence-electron chi connectivity index (χ4n) is 2.04. The van der Waals surface area contributed by atoms with Gasteiger partial charge >= 0.3 is 0 Å². The van der Waals surface area contributed by atoms with Gasteiger partial charge in [-0.1, -0.05) is 18.3 Å². The van der Waals surface area contributed by atoms with E-state index in [1.54, 1.807) is 13.8 Å². The molecule has 0 saturated heterocycles. The molecule has 0 aliphatic heterocycles. The molecule has 0 aromatic carbocycles. The quantitative estimate of drug-likeness (QED) is 0.754. The van der Waals surface area contributed by atoms with Gasteiger partial charge < -0.3 is 9.73 Å². The Balaban J connectivity index is 2.33. The van der Waals surface area contributed by atoms with Crippen molar-refractivity contribution in [3.63, 3.8) is 0 Å². The fourth-order valence-corrected chi connectivity index (χ4v) is 4.18. The topological polar surface area (TPSA) is 97.1 Å². The summed E-state index contributed by atoms with van der Waals surface area (Å²) in [5.74, 6) is 0.978. The molecule has 0 spiro atoms. The van der Waals surface area contributed by atoms with Gasteiger partial charge in [0.1, 0.15) is 21.9 Å². The van der Waals surface area contributed by atoms with Gasteiger partial charge in [-0.25, -0.2) is 8.42 Å². The molecule has 9 heteroatoms. The normalized spacial score (nSPS) is 11.8. The van der Waals surface area contributed by atoms with Gasteiger partial charge in [0.05, 0.1) is 0 Å². The van der Waals surface area contributed by atoms with Crippen molar-refractivity contribution in [1.82, 2.24) is 15.5 Å². The molecule has 21 heavy (non-hydrogen) atoms. The number of rotatable bonds is 7. The van der Waals surface area contributed by atoms with Crippen LogP contribution in [0.25, 0.3) is 0 Å². The van der Waals surface area contributed by atoms with E-state index in [1.807, 2.05) is 0 Å². The molecule has 2 aromatic rings. The van der Waals surface area contributed by atoms with Gasteiger partial charge in [-0.3, -0.25) is 4.72 Å². The van der Waals surface area contributed by atoms with Crippen LogP contribution >= 0.6 is 11.3 Å². The lowest BCUT2D eigenvalue weighted by atomic mass is 10.2. The van der Waals surface area contributed by atoms with E-state index in [2.05, 4.69) is 27.2 Å². The van der Waals surface area contributed by atoms with Crippen molar-refractivity contribution < 1.29 is 12.8 Å². The Morgan fingerprint density at radius 2 is 2.10 bits per heavy atom. The molecule has 0 aliphatic rings. The highest BCUT2D eigenvalue weighted by atomic mass is 32.2. The second-order valence-corrected chi connectivity index (χ2v) is 7.00. The number of aromatic nitrogens is 2. The number of furan rings is 1. The summed E-state index contributed by atoms with van der Waals surface area (Å²) in [5.41, 5.74) is 2.12. The monoisotopic (exact) mass is 330 g/mol. The molecule has 0 aliphatic carbocycles. The molecule has 2 heterocycles. The molecule has 116 valence electrons. The smallest absolute Gasteiger partial charge is 0.267 e. The van der Waals surface area contributed by atoms with Crippen LogP contribution in [0, 0.1) is 13.8 Å². The largest absolute Gasteiger partial charge is 0.465 e. The third kappa shape index (κ3) is 3.60. The first-order valence-electron chi connectivity index (χ1n) is 6.54. The number of anilines is 1. The zero-order chi connectivity index (χ0) is 15.5. The summed E-state index contributed by atoms with van der Waals surface area (Å²) in [4.78, 5) is 0.179. The molecule has 0 unspecified atom stereocenters. The van der Waals surface area contributed by atoms with E-state index in [1.165, 1.54) is 5.51 Å². The molecular weight excluding hydrogens is 312 g/mol. The number of aryl methyl sites for hydroxylation is 2. The highest BCUT2D eigenvalue weighted by molar-refractivity contribution is 7.93. The first-order chi connectivity index (χ1) is 9.95. The van der Waals surface area contributed by atoms with Gasteiger partial charge in [0.15, 0.2) is 0 Å². The summed E-state index contributed by atoms with van der Waals surface area (Å²) < 4.78 is 33.0. The van der Waals surface area contributed by atoms with Crippen molar-refractivity contribution in [3.8, 4) is 0 Å². The molecule has 0 amide bonds. The zero-order valence-corrected chi connectivity index (χ0v) is 13.8. The predicted octanol–water partition coefficient (Wildman–Crippen LogP) is 2.05. The highest BCUT2D eigenvalue weighted by Gasteiger charge is 2.27. The summed E-state index contributed by atoms with van der Waals surface area (Å²) in [6.07, 6.45) is 0.973. The van der Waals surface area contributed by atoms with Crippen LogP contribution in [-0.4, -0.2) is 25.2 Å². The fraction of sp³-hybridized carbons (Fsp3) is 0.500. The molecule has 0 atom stereocenters. The zero-order valence-electron chi connectivity index (χ0n) is 12.1. The molecule has 0 fully saturated rings. The Morgan fingerprint density at radius 1 is 1.33 bits per heavy atom. The van der Waals surface area contributed by atoms with E-state index in [0.29, 0.717) is 23.6 Å². The van der Waals surface area contributed by atoms with E-state index >= 15 is 0 Å². The lowest BCUT2D eigenvalue weighted by molar-refractivity contribution is 0.493. The van der Waals surface area contributed by atoms with Crippen LogP contribution in [0.3, 0.4) is 0 Å². The summed E-state index contributed by atoms with van der Waals surface area (Å²) in [6, 6.07) is 0. The Bertz CT molecular complexity index is 692. The molecule has 0 saturated carbocycles. The lowest BCUT2D eigenvalue weighted by Crippen LogP contribution is -2.19. The van der Waals surface area contributed by atoms with E-state index in [0.717, 1.165) is 24.3 Å². The van der Waals surface area contributed by atoms with Crippen LogP contribution in [0.1, 0.15) is 30.4 Å². The van der Waals surface area contributed by atoms with E-state index in [4.69, 9.17) is 4.42 Å². The number of hydrogen-bond acceptors (Lipinski definition) is 7. The maximum Gasteiger partial charge on any atom is 0.267 e. The Morgan fingerprint density at radius 3 is 2.71 bits per heavy atom. The minimum absolute atomic E-state index is 0.179. The number of hydrogen-bond donors (Lipinski definition) is 2. The van der Waals surface area contributed by atoms with Crippen LogP contribution in [-0.2, 0) is 16.6 Å². The Kier molecular flexibility index (Phi) is 4.96. The number of nitrogens with one attached hydrogen (secondary N) is 2. The van der Waals surface area contributed by atoms with Crippen molar-refractivity contribution in [3.05, 3.63) is 22.6 Å². The van der Waals surface area contributed by atoms with Crippen molar-refractivity contribution in [2.45, 2.75) is 38.6 Å². The minimum atomic E-state index is -3.74. The van der Waals surface area contributed by atoms with Crippen molar-refractivity contribution in [2.24, 2.45) is 0 Å². The number of nitrogens with zero attached hydrogens (tertiary/aromatic N) is 2. The molecule has 2 rings (SSSR count). The maximum absolute atomic E-state index is 12.5. The van der Waals surface area contributed by atoms with E-state index < -0.39 is 10.0 Å². The van der Waals surface area contributed by atoms with Crippen molar-refractivity contribution in [2.75, 3.05) is 11.3 Å². The van der Waals surface area contributed by atoms with Crippen LogP contribution in [0.2, 0.25) is 0 Å². The van der Waals surface area contributed by atoms with Crippen LogP contribution < -0.4 is 10.0 Å². The van der Waals surface area contributed by atoms with Gasteiger partial charge in [0.2, 0.25) is 5.13 Å². The van der Waals surface area contributed by atoms with Gasteiger partial charge in [-0.15, -0.1) is 10.2 Å². The van der Waals surface area contributed by atoms with Crippen LogP contribution in [0.4, 0.5) is 5.13 Å². The van der Waals surface area contributed by atoms with E-state index in [9.17, 15) is 8.42 Å². The third-order valence-electron chi connectivity index (χ3n) is 2.90. The summed E-state index contributed by atoms with van der Waals surface area (Å²) >= 11 is 1.13. The molecule has 2 N–H and O–H groups in total. The van der Waals surface area contributed by atoms with Crippen LogP contribution in [0.15, 0.2) is 14.8 Å². The Labute approximate surface area is 127 Å². The van der Waals surface area contributed by atoms with Gasteiger partial charge in [-0.05, 0) is 26.8 Å². The predicted molar refractivity (Wildman–Crippen MR) is 80.9 cm³/mol. The summed E-state index contributed by atoms with van der Waals surface area (Å²) in [6.45, 7) is 6.72. The SMILES string of the molecule is CCCNCc1c(C)oc(C)c1S(=O)(=O)Nc1nncs1. The van der Waals surface area contributed by atoms with E-state index in [-0.39, 0.29) is 10.0 Å². The highest BCUT2D eigenvalue weighted by Crippen LogP contribution is 2.28. The molecule has 0 bridgehead atoms. The van der Waals surface area contributed by atoms with Crippen molar-refractivity contribution >= 4 is 26.5 Å². The Hall–Kier alpha value is -1.45. The van der Waals surface area contributed by atoms with Gasteiger partial charge in [0.25, 0.3) is 10.0 Å². The second kappa shape index (κ2) is 6.54. The second-order valence-electron chi connectivity index (χ2n) is 4.55. The number of sulfonamides is 1. The van der Waals surface area contributed by atoms with Gasteiger partial charge in [-0.2, -0.15) is 0 Å². The molecular formula is C12H18N4O3S2. The average molecular weight is 330 g/mol. The molecule has 7 nitrogen and oxygen atoms in total. The first kappa shape index (κ1) is 15.9. The third-order valence-corrected chi connectivity index (χ3v) is 5.17. The summed E-state index contributed by atoms with van der Waals surface area (Å²) in [5, 5.41) is 10.8. The summed E-state index contributed by atoms with van der Waals surface area (Å²) in [7, 11) is -3.74. The maximum atomic E-state index is 12.5. The molecule has 0 radical (unpaired) electrons. The lowest BCUT2D eigenvalue weighted by Gasteiger charge is -2.08. The van der Waals surface area contributed by atoms with Crippen molar-refractivity contribution in [1.29, 1.82) is 0 Å². The average Bonchev–Trinajstić information content (AvgIpc) is 2.98. The standard InChI is InChI=1S/C12H18N4O3S2/c1-4-5-13-6-10-8(2)19-9(3)11(10)21(17,18)16-12-15-14-7-20-12/h7,13H,4-6H2,1-3H3,(H,15,16). The molecule has 2 aromatic heterocycles. The minimum Gasteiger partial charge on any atom is -0.465 e.